The van der Waals surface area contributed by atoms with Gasteiger partial charge < -0.3 is 0 Å². The number of nitriles is 1. The first-order valence-corrected chi connectivity index (χ1v) is 49.8. The van der Waals surface area contributed by atoms with E-state index >= 15 is 0 Å². The first-order chi connectivity index (χ1) is 73.3. The average molecular weight is 1890 g/mol. The summed E-state index contributed by atoms with van der Waals surface area (Å²) in [6, 6.07) is 191. The Kier molecular flexibility index (Phi) is 24.0. The van der Waals surface area contributed by atoms with E-state index in [-0.39, 0.29) is 0 Å². The van der Waals surface area contributed by atoms with Crippen LogP contribution in [0.2, 0.25) is 0 Å². The molecule has 0 saturated carbocycles. The van der Waals surface area contributed by atoms with Crippen LogP contribution < -0.4 is 0 Å². The third-order valence-corrected chi connectivity index (χ3v) is 27.9. The zero-order valence-electron chi connectivity index (χ0n) is 80.4. The monoisotopic (exact) mass is 1880 g/mol. The number of benzene rings is 24. The van der Waals surface area contributed by atoms with Gasteiger partial charge in [-0.2, -0.15) is 5.26 Å². The van der Waals surface area contributed by atoms with Crippen molar-refractivity contribution in [3.63, 3.8) is 0 Å². The van der Waals surface area contributed by atoms with Gasteiger partial charge in [0.15, 0.2) is 40.8 Å². The number of nitrogens with zero attached hydrogens (tertiary/aromatic N) is 9. The molecule has 27 rings (SSSR count). The van der Waals surface area contributed by atoms with Crippen LogP contribution in [-0.2, 0) is 0 Å². The lowest BCUT2D eigenvalue weighted by Crippen LogP contribution is -2.00. The molecule has 0 saturated heterocycles. The van der Waals surface area contributed by atoms with Gasteiger partial charge in [0.1, 0.15) is 0 Å². The number of hydrogen-bond acceptors (Lipinski definition) is 9. The van der Waals surface area contributed by atoms with Crippen molar-refractivity contribution >= 4 is 86.2 Å². The van der Waals surface area contributed by atoms with E-state index in [0.717, 1.165) is 94.8 Å². The fourth-order valence-corrected chi connectivity index (χ4v) is 20.5. The van der Waals surface area contributed by atoms with Gasteiger partial charge in [0.25, 0.3) is 0 Å². The molecule has 0 spiro atoms. The summed E-state index contributed by atoms with van der Waals surface area (Å²) < 4.78 is 0. The summed E-state index contributed by atoms with van der Waals surface area (Å²) >= 11 is 0. The highest BCUT2D eigenvalue weighted by atomic mass is 15.0. The molecule has 3 aromatic heterocycles. The maximum absolute atomic E-state index is 9.25. The van der Waals surface area contributed by atoms with Crippen LogP contribution >= 0.6 is 0 Å². The maximum Gasteiger partial charge on any atom is 0.164 e. The summed E-state index contributed by atoms with van der Waals surface area (Å²) in [5.41, 5.74) is 27.2. The molecule has 690 valence electrons. The first kappa shape index (κ1) is 89.3. The molecule has 27 aromatic rings. The molecule has 3 heterocycles. The van der Waals surface area contributed by atoms with Gasteiger partial charge in [-0.25, -0.2) is 39.9 Å². The lowest BCUT2D eigenvalue weighted by molar-refractivity contribution is 1.07. The van der Waals surface area contributed by atoms with Gasteiger partial charge in [-0.05, 0) is 237 Å². The van der Waals surface area contributed by atoms with Crippen LogP contribution in [0.3, 0.4) is 0 Å². The second-order valence-electron chi connectivity index (χ2n) is 37.0. The Bertz CT molecular complexity index is 9640. The molecule has 0 radical (unpaired) electrons. The van der Waals surface area contributed by atoms with Crippen molar-refractivity contribution in [2.75, 3.05) is 0 Å². The normalized spacial score (nSPS) is 11.2. The number of hydrogen-bond donors (Lipinski definition) is 0. The van der Waals surface area contributed by atoms with E-state index in [2.05, 4.69) is 419 Å². The minimum absolute atomic E-state index is 0.561. The van der Waals surface area contributed by atoms with Crippen LogP contribution in [0.1, 0.15) is 5.56 Å². The Morgan fingerprint density at radius 2 is 0.358 bits per heavy atom. The Labute approximate surface area is 856 Å². The molecule has 0 aliphatic heterocycles. The van der Waals surface area contributed by atoms with E-state index in [1.165, 1.54) is 131 Å². The molecule has 9 heteroatoms. The summed E-state index contributed by atoms with van der Waals surface area (Å²) in [6.45, 7) is 0. The summed E-state index contributed by atoms with van der Waals surface area (Å²) in [5, 5.41) is 29.5. The Morgan fingerprint density at radius 1 is 0.122 bits per heavy atom. The molecular formula is C139H89N9. The number of fused-ring (bicyclic) bond motifs is 14. The van der Waals surface area contributed by atoms with E-state index in [4.69, 9.17) is 39.9 Å². The zero-order chi connectivity index (χ0) is 98.6. The zero-order valence-corrected chi connectivity index (χ0v) is 80.4. The van der Waals surface area contributed by atoms with Gasteiger partial charge in [0, 0.05) is 50.1 Å². The second-order valence-corrected chi connectivity index (χ2v) is 37.0. The molecule has 0 amide bonds. The second kappa shape index (κ2) is 39.8. The molecule has 0 atom stereocenters. The summed E-state index contributed by atoms with van der Waals surface area (Å²) in [7, 11) is 0. The van der Waals surface area contributed by atoms with Gasteiger partial charge in [-0.1, -0.05) is 467 Å². The molecule has 0 unspecified atom stereocenters. The van der Waals surface area contributed by atoms with E-state index in [1.54, 1.807) is 12.1 Å². The van der Waals surface area contributed by atoms with Crippen molar-refractivity contribution < 1.29 is 0 Å². The summed E-state index contributed by atoms with van der Waals surface area (Å²) in [6.07, 6.45) is 0. The highest BCUT2D eigenvalue weighted by Crippen LogP contribution is 2.45. The third kappa shape index (κ3) is 18.1. The Balaban J connectivity index is 0.000000117. The molecule has 9 nitrogen and oxygen atoms in total. The fourth-order valence-electron chi connectivity index (χ4n) is 20.5. The first-order valence-electron chi connectivity index (χ1n) is 49.8. The van der Waals surface area contributed by atoms with Gasteiger partial charge in [-0.15, -0.1) is 0 Å². The molecule has 0 fully saturated rings. The smallest absolute Gasteiger partial charge is 0.164 e. The van der Waals surface area contributed by atoms with Crippen molar-refractivity contribution in [3.05, 3.63) is 545 Å². The standard InChI is InChI=1S/C56H36N2.C45H29N3.C38H24N4/c1-2-11-37(12-3-1)39-21-26-41(27-22-39)54-36-55(47-16-10-15-44(34-47)45-30-25-38-13-4-5-14-43(38)33-45)58-56(57-54)42-28-23-40(24-29-42)46-31-32-52-50-19-7-6-17-48(50)49-18-8-9-20-51(49)53(52)35-46;1-3-13-30(14-4-1)43-46-44(31-15-5-2-6-16-31)48-45(47-43)36-20-12-19-34(28-36)32-17-11-18-33(27-32)35-25-26-41-39-23-8-7-21-37(39)38-22-9-10-24-40(38)42(41)29-35;39-25-26-18-20-29(21-19-26)37-40-36(28-12-5-2-6-13-28)41-38(42-37)31-15-9-14-30(24-31)33-23-22-32(27-10-3-1-4-11-27)34-16-7-8-17-35(33)34/h1-36H;1-29H;1-24H. The molecular weight excluding hydrogens is 1800 g/mol. The molecule has 0 aliphatic rings. The maximum atomic E-state index is 9.25. The highest BCUT2D eigenvalue weighted by Gasteiger charge is 2.22. The van der Waals surface area contributed by atoms with Crippen molar-refractivity contribution in [1.82, 2.24) is 39.9 Å². The lowest BCUT2D eigenvalue weighted by Gasteiger charge is -2.13. The van der Waals surface area contributed by atoms with Crippen LogP contribution in [-0.4, -0.2) is 39.9 Å². The Hall–Kier alpha value is -20.1. The van der Waals surface area contributed by atoms with Crippen LogP contribution in [0.15, 0.2) is 540 Å². The van der Waals surface area contributed by atoms with E-state index < -0.39 is 0 Å². The Morgan fingerprint density at radius 3 is 0.791 bits per heavy atom. The SMILES string of the molecule is N#Cc1ccc(-c2nc(-c3ccccc3)nc(-c3cccc(-c4ccc(-c5ccccc5)c5ccccc45)c3)n2)cc1.c1ccc(-c2ccc(-c3cc(-c4cccc(-c5ccc6ccccc6c5)c4)nc(-c4ccc(-c5ccc6c7ccccc7c7ccccc7c6c5)cc4)n3)cc2)cc1.c1ccc(-c2nc(-c3ccccc3)nc(-c3cccc(-c4cccc(-c5ccc6c7ccccc7c7ccccc7c6c5)c4)c3)n2)cc1. The van der Waals surface area contributed by atoms with Crippen LogP contribution in [0, 0.1) is 11.3 Å². The van der Waals surface area contributed by atoms with Gasteiger partial charge >= 0.3 is 0 Å². The average Bonchev–Trinajstić information content (AvgIpc) is 0.742. The van der Waals surface area contributed by atoms with Crippen molar-refractivity contribution in [1.29, 1.82) is 5.26 Å². The van der Waals surface area contributed by atoms with Crippen molar-refractivity contribution in [3.8, 4) is 186 Å². The number of rotatable bonds is 16. The summed E-state index contributed by atoms with van der Waals surface area (Å²) in [5.74, 6) is 4.41. The predicted molar refractivity (Wildman–Crippen MR) is 613 cm³/mol. The van der Waals surface area contributed by atoms with Crippen LogP contribution in [0.25, 0.3) is 266 Å². The van der Waals surface area contributed by atoms with E-state index in [0.29, 0.717) is 46.3 Å². The predicted octanol–water partition coefficient (Wildman–Crippen LogP) is 36.0. The van der Waals surface area contributed by atoms with Crippen LogP contribution in [0.5, 0.6) is 0 Å². The van der Waals surface area contributed by atoms with Crippen molar-refractivity contribution in [2.45, 2.75) is 0 Å². The van der Waals surface area contributed by atoms with Gasteiger partial charge in [0.05, 0.1) is 23.0 Å². The quantitative estimate of drug-likeness (QED) is 0.0869. The molecule has 0 aliphatic carbocycles. The van der Waals surface area contributed by atoms with Crippen molar-refractivity contribution in [2.24, 2.45) is 0 Å². The number of aromatic nitrogens is 8. The van der Waals surface area contributed by atoms with Gasteiger partial charge in [0.2, 0.25) is 0 Å². The third-order valence-electron chi connectivity index (χ3n) is 27.9. The molecule has 0 N–H and O–H groups in total. The lowest BCUT2D eigenvalue weighted by atomic mass is 9.91. The fraction of sp³-hybridized carbons (Fsp3) is 0. The highest BCUT2D eigenvalue weighted by molar-refractivity contribution is 6.27. The minimum atomic E-state index is 0.561. The molecule has 148 heavy (non-hydrogen) atoms. The summed E-state index contributed by atoms with van der Waals surface area (Å²) in [4.78, 5) is 39.8. The topological polar surface area (TPSA) is 127 Å². The largest absolute Gasteiger partial charge is 0.228 e. The van der Waals surface area contributed by atoms with E-state index in [9.17, 15) is 5.26 Å². The molecule has 24 aromatic carbocycles. The molecule has 0 bridgehead atoms. The van der Waals surface area contributed by atoms with Crippen LogP contribution in [0.4, 0.5) is 0 Å². The minimum Gasteiger partial charge on any atom is -0.228 e. The van der Waals surface area contributed by atoms with Gasteiger partial charge in [-0.3, -0.25) is 0 Å². The van der Waals surface area contributed by atoms with E-state index in [1.807, 2.05) is 115 Å².